The van der Waals surface area contributed by atoms with Gasteiger partial charge in [0.1, 0.15) is 0 Å². The molecule has 7 atom stereocenters. The second-order valence-corrected chi connectivity index (χ2v) is 8.92. The Balaban J connectivity index is 1.68. The molecule has 21 heavy (non-hydrogen) atoms. The van der Waals surface area contributed by atoms with Crippen LogP contribution in [0.2, 0.25) is 0 Å². The van der Waals surface area contributed by atoms with Crippen molar-refractivity contribution < 1.29 is 9.22 Å². The van der Waals surface area contributed by atoms with Crippen molar-refractivity contribution in [3.63, 3.8) is 0 Å². The first-order valence-corrected chi connectivity index (χ1v) is 9.01. The summed E-state index contributed by atoms with van der Waals surface area (Å²) < 4.78 is 23.9. The van der Waals surface area contributed by atoms with Gasteiger partial charge in [0.15, 0.2) is 0 Å². The molecular formula is C20H32O. The summed E-state index contributed by atoms with van der Waals surface area (Å²) in [5.41, 5.74) is -1.54. The van der Waals surface area contributed by atoms with Crippen LogP contribution in [0.5, 0.6) is 0 Å². The van der Waals surface area contributed by atoms with Gasteiger partial charge in [-0.2, -0.15) is 0 Å². The average molecular weight is 291 g/mol. The molecule has 4 rings (SSSR count). The SMILES string of the molecule is [2H]C([2H])([2H])[C@@]1(O)CC[C@@H]2[C@H]3CC[C@@H]4CC=CC[C@@]4(C)[C@@H]3CC[C@]21C. The standard InChI is InChI=1S/C20H32O/c1-18-11-5-4-6-14(18)7-8-15-16(18)9-12-19(2)17(15)10-13-20(19,3)21/h4-5,14-17,21H,6-13H2,1-3H3/t14-,15-,16+,17+,18+,19+,20+/m0/s1/i3D3. The molecule has 0 aromatic heterocycles. The topological polar surface area (TPSA) is 20.2 Å². The highest BCUT2D eigenvalue weighted by molar-refractivity contribution is 5.14. The monoisotopic (exact) mass is 291 g/mol. The zero-order chi connectivity index (χ0) is 17.4. The first-order valence-electron chi connectivity index (χ1n) is 10.5. The summed E-state index contributed by atoms with van der Waals surface area (Å²) in [6.45, 7) is 2.31. The van der Waals surface area contributed by atoms with Crippen molar-refractivity contribution in [3.8, 4) is 0 Å². The van der Waals surface area contributed by atoms with Gasteiger partial charge in [0.25, 0.3) is 0 Å². The molecule has 118 valence electrons. The lowest BCUT2D eigenvalue weighted by atomic mass is 9.45. The van der Waals surface area contributed by atoms with Crippen LogP contribution < -0.4 is 0 Å². The molecule has 0 aliphatic heterocycles. The highest BCUT2D eigenvalue weighted by atomic mass is 16.3. The quantitative estimate of drug-likeness (QED) is 0.626. The van der Waals surface area contributed by atoms with Gasteiger partial charge in [0, 0.05) is 4.11 Å². The molecule has 4 aliphatic carbocycles. The lowest BCUT2D eigenvalue weighted by Gasteiger charge is -2.60. The van der Waals surface area contributed by atoms with E-state index in [0.29, 0.717) is 29.6 Å². The Morgan fingerprint density at radius 1 is 1.05 bits per heavy atom. The Labute approximate surface area is 134 Å². The van der Waals surface area contributed by atoms with Gasteiger partial charge in [-0.05, 0) is 92.7 Å². The van der Waals surface area contributed by atoms with Crippen molar-refractivity contribution in [2.75, 3.05) is 0 Å². The van der Waals surface area contributed by atoms with E-state index in [4.69, 9.17) is 4.11 Å². The van der Waals surface area contributed by atoms with E-state index < -0.39 is 17.9 Å². The first-order chi connectivity index (χ1) is 11.1. The van der Waals surface area contributed by atoms with Crippen LogP contribution >= 0.6 is 0 Å². The minimum absolute atomic E-state index is 0.380. The van der Waals surface area contributed by atoms with Gasteiger partial charge in [-0.1, -0.05) is 26.0 Å². The van der Waals surface area contributed by atoms with Crippen molar-refractivity contribution in [1.29, 1.82) is 0 Å². The van der Waals surface area contributed by atoms with E-state index in [2.05, 4.69) is 26.0 Å². The van der Waals surface area contributed by atoms with E-state index in [0.717, 1.165) is 25.2 Å². The molecular weight excluding hydrogens is 256 g/mol. The Morgan fingerprint density at radius 3 is 2.67 bits per heavy atom. The highest BCUT2D eigenvalue weighted by Crippen LogP contribution is 2.67. The van der Waals surface area contributed by atoms with Crippen LogP contribution in [0.3, 0.4) is 0 Å². The van der Waals surface area contributed by atoms with E-state index in [1.807, 2.05) is 0 Å². The average Bonchev–Trinajstić information content (AvgIpc) is 2.79. The molecule has 0 amide bonds. The van der Waals surface area contributed by atoms with Gasteiger partial charge in [-0.25, -0.2) is 0 Å². The van der Waals surface area contributed by atoms with Gasteiger partial charge in [-0.15, -0.1) is 0 Å². The predicted octanol–water partition coefficient (Wildman–Crippen LogP) is 4.95. The molecule has 1 heteroatoms. The third-order valence-corrected chi connectivity index (χ3v) is 8.36. The molecule has 0 aromatic rings. The number of aliphatic hydroxyl groups is 1. The van der Waals surface area contributed by atoms with Crippen LogP contribution in [0.4, 0.5) is 0 Å². The zero-order valence-electron chi connectivity index (χ0n) is 16.6. The van der Waals surface area contributed by atoms with Gasteiger partial charge >= 0.3 is 0 Å². The summed E-state index contributed by atoms with van der Waals surface area (Å²) in [6, 6.07) is 0. The summed E-state index contributed by atoms with van der Waals surface area (Å²) in [5, 5.41) is 11.2. The van der Waals surface area contributed by atoms with E-state index in [1.54, 1.807) is 0 Å². The Kier molecular flexibility index (Phi) is 2.35. The molecule has 0 spiro atoms. The zero-order valence-corrected chi connectivity index (χ0v) is 13.6. The fraction of sp³-hybridized carbons (Fsp3) is 0.900. The minimum atomic E-state index is -2.27. The van der Waals surface area contributed by atoms with Crippen LogP contribution in [-0.2, 0) is 0 Å². The minimum Gasteiger partial charge on any atom is -0.390 e. The number of allylic oxidation sites excluding steroid dienone is 2. The summed E-state index contributed by atoms with van der Waals surface area (Å²) >= 11 is 0. The van der Waals surface area contributed by atoms with E-state index in [1.165, 1.54) is 25.7 Å². The molecule has 1 nitrogen and oxygen atoms in total. The van der Waals surface area contributed by atoms with Crippen LogP contribution in [0, 0.1) is 34.5 Å². The summed E-state index contributed by atoms with van der Waals surface area (Å²) in [5.74, 6) is 2.49. The lowest BCUT2D eigenvalue weighted by molar-refractivity contribution is -0.138. The molecule has 0 saturated heterocycles. The normalized spacial score (nSPS) is 62.0. The maximum Gasteiger partial charge on any atom is 0.0675 e. The number of hydrogen-bond acceptors (Lipinski definition) is 1. The van der Waals surface area contributed by atoms with E-state index in [-0.39, 0.29) is 0 Å². The van der Waals surface area contributed by atoms with Gasteiger partial charge in [-0.3, -0.25) is 0 Å². The number of rotatable bonds is 0. The Morgan fingerprint density at radius 2 is 1.86 bits per heavy atom. The van der Waals surface area contributed by atoms with E-state index in [9.17, 15) is 5.11 Å². The summed E-state index contributed by atoms with van der Waals surface area (Å²) in [6.07, 6.45) is 13.0. The summed E-state index contributed by atoms with van der Waals surface area (Å²) in [7, 11) is 0. The Hall–Kier alpha value is -0.300. The summed E-state index contributed by atoms with van der Waals surface area (Å²) in [4.78, 5) is 0. The van der Waals surface area contributed by atoms with Crippen LogP contribution in [-0.4, -0.2) is 10.7 Å². The van der Waals surface area contributed by atoms with Crippen LogP contribution in [0.15, 0.2) is 12.2 Å². The fourth-order valence-corrected chi connectivity index (χ4v) is 6.85. The second kappa shape index (κ2) is 4.37. The highest BCUT2D eigenvalue weighted by Gasteiger charge is 2.62. The molecule has 1 N–H and O–H groups in total. The van der Waals surface area contributed by atoms with Crippen molar-refractivity contribution in [2.24, 2.45) is 34.5 Å². The van der Waals surface area contributed by atoms with Crippen molar-refractivity contribution in [2.45, 2.75) is 77.7 Å². The maximum atomic E-state index is 11.2. The van der Waals surface area contributed by atoms with Crippen LogP contribution in [0.1, 0.15) is 76.2 Å². The molecule has 4 aliphatic rings. The molecule has 3 fully saturated rings. The largest absolute Gasteiger partial charge is 0.390 e. The second-order valence-electron chi connectivity index (χ2n) is 8.92. The first kappa shape index (κ1) is 11.3. The van der Waals surface area contributed by atoms with Crippen molar-refractivity contribution >= 4 is 0 Å². The number of hydrogen-bond donors (Lipinski definition) is 1. The third kappa shape index (κ3) is 1.73. The molecule has 0 bridgehead atoms. The maximum absolute atomic E-state index is 11.2. The van der Waals surface area contributed by atoms with E-state index >= 15 is 0 Å². The lowest BCUT2D eigenvalue weighted by Crippen LogP contribution is -2.55. The number of fused-ring (bicyclic) bond motifs is 5. The van der Waals surface area contributed by atoms with Gasteiger partial charge < -0.3 is 5.11 Å². The molecule has 0 aromatic carbocycles. The van der Waals surface area contributed by atoms with Gasteiger partial charge in [0.2, 0.25) is 0 Å². The molecule has 0 unspecified atom stereocenters. The third-order valence-electron chi connectivity index (χ3n) is 8.36. The van der Waals surface area contributed by atoms with Crippen LogP contribution in [0.25, 0.3) is 0 Å². The molecule has 0 heterocycles. The smallest absolute Gasteiger partial charge is 0.0675 e. The van der Waals surface area contributed by atoms with Crippen molar-refractivity contribution in [1.82, 2.24) is 0 Å². The molecule has 3 saturated carbocycles. The molecule has 0 radical (unpaired) electrons. The Bertz CT molecular complexity index is 556. The predicted molar refractivity (Wildman–Crippen MR) is 86.9 cm³/mol. The van der Waals surface area contributed by atoms with Gasteiger partial charge in [0.05, 0.1) is 5.60 Å². The fourth-order valence-electron chi connectivity index (χ4n) is 6.85. The van der Waals surface area contributed by atoms with Crippen molar-refractivity contribution in [3.05, 3.63) is 12.2 Å².